The number of nitrogens with one attached hydrogen (secondary N) is 1. The van der Waals surface area contributed by atoms with E-state index in [0.29, 0.717) is 0 Å². The van der Waals surface area contributed by atoms with Crippen LogP contribution in [0.5, 0.6) is 0 Å². The molecule has 0 spiro atoms. The van der Waals surface area contributed by atoms with Crippen molar-refractivity contribution in [3.05, 3.63) is 107 Å². The van der Waals surface area contributed by atoms with Crippen molar-refractivity contribution in [1.82, 2.24) is 9.62 Å². The van der Waals surface area contributed by atoms with Crippen LogP contribution in [-0.2, 0) is 21.4 Å². The number of benzene rings is 3. The summed E-state index contributed by atoms with van der Waals surface area (Å²) >= 11 is 0. The summed E-state index contributed by atoms with van der Waals surface area (Å²) in [6, 6.07) is 26.4. The van der Waals surface area contributed by atoms with E-state index in [0.717, 1.165) is 28.5 Å². The van der Waals surface area contributed by atoms with E-state index in [2.05, 4.69) is 5.32 Å². The molecule has 3 rings (SSSR count). The molecule has 0 saturated heterocycles. The van der Waals surface area contributed by atoms with Crippen molar-refractivity contribution in [2.45, 2.75) is 19.5 Å². The predicted octanol–water partition coefficient (Wildman–Crippen LogP) is 3.66. The van der Waals surface area contributed by atoms with Gasteiger partial charge in [0.2, 0.25) is 15.9 Å². The highest BCUT2D eigenvalue weighted by Gasteiger charge is 2.24. The number of carbonyl (C=O) groups is 1. The van der Waals surface area contributed by atoms with Gasteiger partial charge in [0.25, 0.3) is 0 Å². The first kappa shape index (κ1) is 21.7. The van der Waals surface area contributed by atoms with Crippen LogP contribution in [0.1, 0.15) is 28.3 Å². The van der Waals surface area contributed by atoms with Crippen LogP contribution in [0.25, 0.3) is 0 Å². The van der Waals surface area contributed by atoms with Crippen molar-refractivity contribution in [1.29, 1.82) is 0 Å². The number of aryl methyl sites for hydroxylation is 1. The summed E-state index contributed by atoms with van der Waals surface area (Å²) in [5.41, 5.74) is 3.80. The smallest absolute Gasteiger partial charge is 0.236 e. The second kappa shape index (κ2) is 9.69. The van der Waals surface area contributed by atoms with Crippen LogP contribution in [0.15, 0.2) is 84.9 Å². The van der Waals surface area contributed by atoms with E-state index in [1.54, 1.807) is 0 Å². The lowest BCUT2D eigenvalue weighted by molar-refractivity contribution is -0.121. The SMILES string of the molecule is Cc1ccccc1[C@@H](NC(=O)CN(Cc1ccccc1)S(C)(=O)=O)c1ccccc1. The van der Waals surface area contributed by atoms with E-state index in [9.17, 15) is 13.2 Å². The summed E-state index contributed by atoms with van der Waals surface area (Å²) in [5, 5.41) is 3.03. The van der Waals surface area contributed by atoms with Gasteiger partial charge in [-0.15, -0.1) is 0 Å². The van der Waals surface area contributed by atoms with Crippen LogP contribution >= 0.6 is 0 Å². The predicted molar refractivity (Wildman–Crippen MR) is 119 cm³/mol. The van der Waals surface area contributed by atoms with Gasteiger partial charge < -0.3 is 5.32 Å². The van der Waals surface area contributed by atoms with E-state index in [4.69, 9.17) is 0 Å². The van der Waals surface area contributed by atoms with Crippen LogP contribution in [0.4, 0.5) is 0 Å². The fraction of sp³-hybridized carbons (Fsp3) is 0.208. The average molecular weight is 423 g/mol. The van der Waals surface area contributed by atoms with Crippen molar-refractivity contribution < 1.29 is 13.2 Å². The summed E-state index contributed by atoms with van der Waals surface area (Å²) < 4.78 is 25.8. The molecule has 156 valence electrons. The Kier molecular flexibility index (Phi) is 7.03. The highest BCUT2D eigenvalue weighted by Crippen LogP contribution is 2.25. The zero-order valence-corrected chi connectivity index (χ0v) is 18.0. The third kappa shape index (κ3) is 5.78. The van der Waals surface area contributed by atoms with Gasteiger partial charge in [-0.3, -0.25) is 4.79 Å². The lowest BCUT2D eigenvalue weighted by Gasteiger charge is -2.24. The van der Waals surface area contributed by atoms with Gasteiger partial charge in [-0.2, -0.15) is 4.31 Å². The Morgan fingerprint density at radius 2 is 1.47 bits per heavy atom. The Morgan fingerprint density at radius 3 is 2.07 bits per heavy atom. The van der Waals surface area contributed by atoms with E-state index in [1.807, 2.05) is 91.9 Å². The molecule has 0 radical (unpaired) electrons. The molecule has 3 aromatic carbocycles. The van der Waals surface area contributed by atoms with Gasteiger partial charge in [-0.1, -0.05) is 84.9 Å². The lowest BCUT2D eigenvalue weighted by Crippen LogP contribution is -2.41. The van der Waals surface area contributed by atoms with Gasteiger partial charge in [0.15, 0.2) is 0 Å². The Bertz CT molecular complexity index is 1080. The minimum atomic E-state index is -3.56. The van der Waals surface area contributed by atoms with Gasteiger partial charge in [0, 0.05) is 6.54 Å². The molecule has 1 atom stereocenters. The first-order chi connectivity index (χ1) is 14.3. The Hall–Kier alpha value is -2.96. The molecule has 0 heterocycles. The molecule has 30 heavy (non-hydrogen) atoms. The molecule has 0 fully saturated rings. The zero-order valence-electron chi connectivity index (χ0n) is 17.2. The third-order valence-corrected chi connectivity index (χ3v) is 6.12. The van der Waals surface area contributed by atoms with E-state index < -0.39 is 10.0 Å². The first-order valence-electron chi connectivity index (χ1n) is 9.73. The second-order valence-corrected chi connectivity index (χ2v) is 9.27. The first-order valence-corrected chi connectivity index (χ1v) is 11.6. The number of amides is 1. The topological polar surface area (TPSA) is 66.5 Å². The third-order valence-electron chi connectivity index (χ3n) is 4.93. The fourth-order valence-electron chi connectivity index (χ4n) is 3.34. The standard InChI is InChI=1S/C24H26N2O3S/c1-19-11-9-10-16-22(19)24(21-14-7-4-8-15-21)25-23(27)18-26(30(2,28)29)17-20-12-5-3-6-13-20/h3-16,24H,17-18H2,1-2H3,(H,25,27)/t24-/m0/s1. The summed E-state index contributed by atoms with van der Waals surface area (Å²) in [5.74, 6) is -0.353. The maximum Gasteiger partial charge on any atom is 0.236 e. The molecule has 1 amide bonds. The quantitative estimate of drug-likeness (QED) is 0.602. The molecule has 0 saturated carbocycles. The second-order valence-electron chi connectivity index (χ2n) is 7.28. The van der Waals surface area contributed by atoms with Gasteiger partial charge in [0.1, 0.15) is 0 Å². The number of sulfonamides is 1. The van der Waals surface area contributed by atoms with E-state index >= 15 is 0 Å². The summed E-state index contributed by atoms with van der Waals surface area (Å²) in [7, 11) is -3.56. The summed E-state index contributed by atoms with van der Waals surface area (Å²) in [4.78, 5) is 12.9. The summed E-state index contributed by atoms with van der Waals surface area (Å²) in [6.07, 6.45) is 1.12. The van der Waals surface area contributed by atoms with E-state index in [-0.39, 0.29) is 25.0 Å². The fourth-order valence-corrected chi connectivity index (χ4v) is 4.08. The normalized spacial score (nSPS) is 12.5. The molecular formula is C24H26N2O3S. The van der Waals surface area contributed by atoms with Crippen LogP contribution in [0.2, 0.25) is 0 Å². The van der Waals surface area contributed by atoms with Crippen molar-refractivity contribution >= 4 is 15.9 Å². The number of carbonyl (C=O) groups excluding carboxylic acids is 1. The van der Waals surface area contributed by atoms with Crippen LogP contribution < -0.4 is 5.32 Å². The van der Waals surface area contributed by atoms with Crippen LogP contribution in [0, 0.1) is 6.92 Å². The number of hydrogen-bond donors (Lipinski definition) is 1. The van der Waals surface area contributed by atoms with Crippen molar-refractivity contribution in [3.8, 4) is 0 Å². The molecular weight excluding hydrogens is 396 g/mol. The molecule has 5 nitrogen and oxygen atoms in total. The highest BCUT2D eigenvalue weighted by molar-refractivity contribution is 7.88. The molecule has 0 unspecified atom stereocenters. The summed E-state index contributed by atoms with van der Waals surface area (Å²) in [6.45, 7) is 1.89. The molecule has 6 heteroatoms. The molecule has 0 bridgehead atoms. The molecule has 3 aromatic rings. The van der Waals surface area contributed by atoms with Gasteiger partial charge >= 0.3 is 0 Å². The Morgan fingerprint density at radius 1 is 0.900 bits per heavy atom. The van der Waals surface area contributed by atoms with Crippen molar-refractivity contribution in [2.75, 3.05) is 12.8 Å². The number of hydrogen-bond acceptors (Lipinski definition) is 3. The van der Waals surface area contributed by atoms with Crippen molar-refractivity contribution in [3.63, 3.8) is 0 Å². The van der Waals surface area contributed by atoms with Crippen LogP contribution in [0.3, 0.4) is 0 Å². The Labute approximate surface area is 178 Å². The number of nitrogens with zero attached hydrogens (tertiary/aromatic N) is 1. The average Bonchev–Trinajstić information content (AvgIpc) is 2.73. The minimum absolute atomic E-state index is 0.146. The molecule has 0 aliphatic rings. The lowest BCUT2D eigenvalue weighted by atomic mass is 9.95. The van der Waals surface area contributed by atoms with E-state index in [1.165, 1.54) is 4.31 Å². The molecule has 0 aliphatic heterocycles. The van der Waals surface area contributed by atoms with Crippen molar-refractivity contribution in [2.24, 2.45) is 0 Å². The van der Waals surface area contributed by atoms with Gasteiger partial charge in [-0.05, 0) is 29.2 Å². The van der Waals surface area contributed by atoms with Gasteiger partial charge in [0.05, 0.1) is 18.8 Å². The maximum absolute atomic E-state index is 12.9. The Balaban J connectivity index is 1.83. The number of rotatable bonds is 8. The monoisotopic (exact) mass is 422 g/mol. The largest absolute Gasteiger partial charge is 0.344 e. The highest BCUT2D eigenvalue weighted by atomic mass is 32.2. The molecule has 1 N–H and O–H groups in total. The maximum atomic E-state index is 12.9. The molecule has 0 aliphatic carbocycles. The van der Waals surface area contributed by atoms with Crippen LogP contribution in [-0.4, -0.2) is 31.4 Å². The zero-order chi connectivity index (χ0) is 21.6. The van der Waals surface area contributed by atoms with Gasteiger partial charge in [-0.25, -0.2) is 8.42 Å². The molecule has 0 aromatic heterocycles. The minimum Gasteiger partial charge on any atom is -0.344 e.